The molecule has 1 heterocycles. The van der Waals surface area contributed by atoms with Crippen LogP contribution in [0, 0.1) is 5.92 Å². The Hall–Kier alpha value is -2.79. The molecule has 1 N–H and O–H groups in total. The molecule has 5 heteroatoms. The van der Waals surface area contributed by atoms with Crippen molar-refractivity contribution in [3.8, 4) is 0 Å². The van der Waals surface area contributed by atoms with Crippen molar-refractivity contribution in [1.82, 2.24) is 5.17 Å². The average molecular weight is 352 g/mol. The number of carbonyl (C=O) groups is 1. The highest BCUT2D eigenvalue weighted by Gasteiger charge is 2.34. The molecule has 0 bridgehead atoms. The molecule has 0 aliphatic carbocycles. The van der Waals surface area contributed by atoms with Crippen molar-refractivity contribution in [3.05, 3.63) is 78.0 Å². The van der Waals surface area contributed by atoms with E-state index in [1.54, 1.807) is 6.92 Å². The largest absolute Gasteiger partial charge is 0.466 e. The standard InChI is InChI=1S/C21H24N2O3/c1-3-26-21(24)16(2)14-19-15-20(17-10-6-4-7-11-17)22(23(19)25)18-12-8-5-9-13-18/h4-13,15-16,20,25H,3,14H2,1-2H3. The predicted octanol–water partition coefficient (Wildman–Crippen LogP) is 4.33. The van der Waals surface area contributed by atoms with Gasteiger partial charge in [-0.15, -0.1) is 0 Å². The number of hydrogen-bond donors (Lipinski definition) is 1. The first-order valence-corrected chi connectivity index (χ1v) is 8.87. The topological polar surface area (TPSA) is 53.0 Å². The molecule has 0 radical (unpaired) electrons. The molecule has 26 heavy (non-hydrogen) atoms. The molecule has 136 valence electrons. The van der Waals surface area contributed by atoms with E-state index in [1.165, 1.54) is 0 Å². The van der Waals surface area contributed by atoms with E-state index >= 15 is 0 Å². The van der Waals surface area contributed by atoms with Gasteiger partial charge in [0.25, 0.3) is 0 Å². The minimum atomic E-state index is -0.331. The van der Waals surface area contributed by atoms with E-state index in [-0.39, 0.29) is 17.9 Å². The lowest BCUT2D eigenvalue weighted by Gasteiger charge is -2.33. The van der Waals surface area contributed by atoms with Crippen molar-refractivity contribution in [2.75, 3.05) is 11.6 Å². The number of anilines is 1. The second-order valence-corrected chi connectivity index (χ2v) is 6.34. The van der Waals surface area contributed by atoms with E-state index in [2.05, 4.69) is 0 Å². The second kappa shape index (κ2) is 8.06. The van der Waals surface area contributed by atoms with E-state index in [9.17, 15) is 10.0 Å². The summed E-state index contributed by atoms with van der Waals surface area (Å²) in [6.45, 7) is 3.96. The van der Waals surface area contributed by atoms with Gasteiger partial charge in [0.05, 0.1) is 30.0 Å². The van der Waals surface area contributed by atoms with Gasteiger partial charge in [-0.3, -0.25) is 15.0 Å². The molecule has 0 aromatic heterocycles. The lowest BCUT2D eigenvalue weighted by molar-refractivity contribution is -0.147. The minimum absolute atomic E-state index is 0.145. The monoisotopic (exact) mass is 352 g/mol. The number of allylic oxidation sites excluding steroid dienone is 1. The van der Waals surface area contributed by atoms with Crippen molar-refractivity contribution in [1.29, 1.82) is 0 Å². The average Bonchev–Trinajstić information content (AvgIpc) is 2.99. The first-order chi connectivity index (χ1) is 12.6. The fourth-order valence-electron chi connectivity index (χ4n) is 3.15. The second-order valence-electron chi connectivity index (χ2n) is 6.34. The van der Waals surface area contributed by atoms with Gasteiger partial charge in [-0.2, -0.15) is 5.17 Å². The highest BCUT2D eigenvalue weighted by molar-refractivity contribution is 5.72. The predicted molar refractivity (Wildman–Crippen MR) is 100 cm³/mol. The number of para-hydroxylation sites is 1. The molecule has 0 spiro atoms. The number of nitrogens with zero attached hydrogens (tertiary/aromatic N) is 2. The molecular weight excluding hydrogens is 328 g/mol. The first kappa shape index (κ1) is 18.0. The summed E-state index contributed by atoms with van der Waals surface area (Å²) in [6, 6.07) is 19.6. The lowest BCUT2D eigenvalue weighted by atomic mass is 10.0. The molecule has 0 fully saturated rings. The third kappa shape index (κ3) is 3.73. The fraction of sp³-hybridized carbons (Fsp3) is 0.286. The quantitative estimate of drug-likeness (QED) is 0.785. The zero-order valence-corrected chi connectivity index (χ0v) is 15.1. The maximum absolute atomic E-state index is 12.0. The maximum Gasteiger partial charge on any atom is 0.309 e. The normalized spacial score (nSPS) is 17.8. The summed E-state index contributed by atoms with van der Waals surface area (Å²) in [5, 5.41) is 13.8. The van der Waals surface area contributed by atoms with Gasteiger partial charge < -0.3 is 4.74 Å². The first-order valence-electron chi connectivity index (χ1n) is 8.87. The van der Waals surface area contributed by atoms with Crippen LogP contribution in [0.5, 0.6) is 0 Å². The summed E-state index contributed by atoms with van der Waals surface area (Å²) in [4.78, 5) is 12.0. The highest BCUT2D eigenvalue weighted by atomic mass is 16.6. The minimum Gasteiger partial charge on any atom is -0.466 e. The number of hydrogen-bond acceptors (Lipinski definition) is 5. The summed E-state index contributed by atoms with van der Waals surface area (Å²) < 4.78 is 5.09. The number of carbonyl (C=O) groups excluding carboxylic acids is 1. The summed E-state index contributed by atoms with van der Waals surface area (Å²) in [6.07, 6.45) is 2.40. The summed E-state index contributed by atoms with van der Waals surface area (Å²) >= 11 is 0. The van der Waals surface area contributed by atoms with Crippen LogP contribution in [-0.4, -0.2) is 23.0 Å². The zero-order valence-electron chi connectivity index (χ0n) is 15.1. The van der Waals surface area contributed by atoms with Crippen LogP contribution < -0.4 is 5.01 Å². The Labute approximate surface area is 154 Å². The zero-order chi connectivity index (χ0) is 18.5. The van der Waals surface area contributed by atoms with Gasteiger partial charge in [-0.05, 0) is 30.7 Å². The number of hydrazine groups is 1. The molecule has 2 unspecified atom stereocenters. The van der Waals surface area contributed by atoms with Gasteiger partial charge in [0.15, 0.2) is 0 Å². The van der Waals surface area contributed by atoms with Crippen LogP contribution in [0.2, 0.25) is 0 Å². The summed E-state index contributed by atoms with van der Waals surface area (Å²) in [5.41, 5.74) is 2.62. The van der Waals surface area contributed by atoms with Crippen LogP contribution in [0.15, 0.2) is 72.4 Å². The number of benzene rings is 2. The van der Waals surface area contributed by atoms with Gasteiger partial charge >= 0.3 is 5.97 Å². The highest BCUT2D eigenvalue weighted by Crippen LogP contribution is 2.38. The van der Waals surface area contributed by atoms with Gasteiger partial charge in [0, 0.05) is 6.42 Å². The fourth-order valence-corrected chi connectivity index (χ4v) is 3.15. The maximum atomic E-state index is 12.0. The molecule has 0 saturated heterocycles. The Bertz CT molecular complexity index is 761. The van der Waals surface area contributed by atoms with Gasteiger partial charge in [-0.25, -0.2) is 0 Å². The number of esters is 1. The van der Waals surface area contributed by atoms with Gasteiger partial charge in [0.1, 0.15) is 0 Å². The van der Waals surface area contributed by atoms with Gasteiger partial charge in [0.2, 0.25) is 0 Å². The molecule has 2 atom stereocenters. The Morgan fingerprint density at radius 1 is 1.12 bits per heavy atom. The van der Waals surface area contributed by atoms with E-state index in [0.717, 1.165) is 16.4 Å². The molecule has 2 aromatic carbocycles. The molecular formula is C21H24N2O3. The van der Waals surface area contributed by atoms with Crippen LogP contribution in [0.25, 0.3) is 0 Å². The Morgan fingerprint density at radius 3 is 2.35 bits per heavy atom. The molecule has 0 amide bonds. The molecule has 2 aromatic rings. The van der Waals surface area contributed by atoms with Crippen molar-refractivity contribution in [3.63, 3.8) is 0 Å². The van der Waals surface area contributed by atoms with Gasteiger partial charge in [-0.1, -0.05) is 55.5 Å². The Balaban J connectivity index is 1.90. The van der Waals surface area contributed by atoms with Crippen LogP contribution >= 0.6 is 0 Å². The number of rotatable bonds is 6. The third-order valence-electron chi connectivity index (χ3n) is 4.44. The Morgan fingerprint density at radius 2 is 1.73 bits per heavy atom. The van der Waals surface area contributed by atoms with Crippen molar-refractivity contribution in [2.45, 2.75) is 26.3 Å². The molecule has 5 nitrogen and oxygen atoms in total. The number of ether oxygens (including phenoxy) is 1. The smallest absolute Gasteiger partial charge is 0.309 e. The van der Waals surface area contributed by atoms with E-state index < -0.39 is 0 Å². The Kier molecular flexibility index (Phi) is 5.58. The molecule has 1 aliphatic heterocycles. The van der Waals surface area contributed by atoms with Crippen LogP contribution in [0.4, 0.5) is 5.69 Å². The molecule has 0 saturated carbocycles. The molecule has 3 rings (SSSR count). The van der Waals surface area contributed by atoms with E-state index in [4.69, 9.17) is 4.74 Å². The lowest BCUT2D eigenvalue weighted by Crippen LogP contribution is -2.37. The SMILES string of the molecule is CCOC(=O)C(C)CC1=CC(c2ccccc2)N(c2ccccc2)N1O. The van der Waals surface area contributed by atoms with E-state index in [0.29, 0.717) is 18.7 Å². The van der Waals surface area contributed by atoms with Crippen molar-refractivity contribution in [2.24, 2.45) is 5.92 Å². The summed E-state index contributed by atoms with van der Waals surface area (Å²) in [5.74, 6) is -0.584. The van der Waals surface area contributed by atoms with Crippen LogP contribution in [0.1, 0.15) is 31.9 Å². The van der Waals surface area contributed by atoms with E-state index in [1.807, 2.05) is 78.7 Å². The van der Waals surface area contributed by atoms with Crippen molar-refractivity contribution < 1.29 is 14.7 Å². The molecule has 1 aliphatic rings. The number of hydroxylamine groups is 1. The summed E-state index contributed by atoms with van der Waals surface area (Å²) in [7, 11) is 0. The van der Waals surface area contributed by atoms with Crippen molar-refractivity contribution >= 4 is 11.7 Å². The third-order valence-corrected chi connectivity index (χ3v) is 4.44. The van der Waals surface area contributed by atoms with Crippen LogP contribution in [-0.2, 0) is 9.53 Å². The van der Waals surface area contributed by atoms with Crippen LogP contribution in [0.3, 0.4) is 0 Å².